The van der Waals surface area contributed by atoms with Crippen LogP contribution in [0.5, 0.6) is 0 Å². The summed E-state index contributed by atoms with van der Waals surface area (Å²) in [6.45, 7) is 0.741. The highest BCUT2D eigenvalue weighted by molar-refractivity contribution is 14.1. The Balaban J connectivity index is 1.82. The van der Waals surface area contributed by atoms with Gasteiger partial charge >= 0.3 is 0 Å². The van der Waals surface area contributed by atoms with Gasteiger partial charge in [0, 0.05) is 11.9 Å². The van der Waals surface area contributed by atoms with Crippen LogP contribution in [0.3, 0.4) is 0 Å². The van der Waals surface area contributed by atoms with Crippen molar-refractivity contribution in [3.63, 3.8) is 0 Å². The van der Waals surface area contributed by atoms with Gasteiger partial charge in [-0.05, 0) is 29.4 Å². The van der Waals surface area contributed by atoms with E-state index in [1.807, 2.05) is 24.3 Å². The van der Waals surface area contributed by atoms with Crippen LogP contribution in [0.25, 0.3) is 11.0 Å². The first-order chi connectivity index (χ1) is 9.31. The first-order valence-corrected chi connectivity index (χ1v) is 8.00. The Morgan fingerprint density at radius 1 is 1.26 bits per heavy atom. The molecule has 19 heavy (non-hydrogen) atoms. The number of rotatable bonds is 7. The molecule has 1 aromatic heterocycles. The Kier molecular flexibility index (Phi) is 5.62. The van der Waals surface area contributed by atoms with Gasteiger partial charge in [0.05, 0.1) is 6.42 Å². The quantitative estimate of drug-likeness (QED) is 0.462. The third-order valence-electron chi connectivity index (χ3n) is 2.91. The number of carbonyl (C=O) groups excluding carboxylic acids is 1. The number of nitrogens with one attached hydrogen (secondary N) is 1. The molecule has 102 valence electrons. The van der Waals surface area contributed by atoms with Crippen molar-refractivity contribution in [3.8, 4) is 0 Å². The van der Waals surface area contributed by atoms with E-state index in [4.69, 9.17) is 4.52 Å². The van der Waals surface area contributed by atoms with Crippen LogP contribution in [0.15, 0.2) is 28.8 Å². The zero-order valence-electron chi connectivity index (χ0n) is 10.7. The number of hydrogen-bond acceptors (Lipinski definition) is 3. The summed E-state index contributed by atoms with van der Waals surface area (Å²) < 4.78 is 6.35. The second-order valence-corrected chi connectivity index (χ2v) is 5.48. The van der Waals surface area contributed by atoms with Crippen LogP contribution in [0.2, 0.25) is 0 Å². The lowest BCUT2D eigenvalue weighted by Crippen LogP contribution is -2.26. The molecule has 0 aliphatic rings. The molecule has 0 fully saturated rings. The number of hydrogen-bond donors (Lipinski definition) is 1. The van der Waals surface area contributed by atoms with Crippen LogP contribution >= 0.6 is 22.6 Å². The van der Waals surface area contributed by atoms with Crippen LogP contribution in [0, 0.1) is 0 Å². The summed E-state index contributed by atoms with van der Waals surface area (Å²) in [7, 11) is 0. The van der Waals surface area contributed by atoms with Crippen LogP contribution in [-0.4, -0.2) is 22.0 Å². The summed E-state index contributed by atoms with van der Waals surface area (Å²) in [5, 5.41) is 7.80. The average molecular weight is 372 g/mol. The minimum Gasteiger partial charge on any atom is -0.356 e. The van der Waals surface area contributed by atoms with Crippen molar-refractivity contribution in [2.75, 3.05) is 11.0 Å². The van der Waals surface area contributed by atoms with E-state index in [0.717, 1.165) is 30.4 Å². The number of fused-ring (bicyclic) bond motifs is 1. The molecule has 2 rings (SSSR count). The number of amides is 1. The number of para-hydroxylation sites is 1. The van der Waals surface area contributed by atoms with E-state index in [9.17, 15) is 4.79 Å². The molecule has 1 amide bonds. The molecule has 4 nitrogen and oxygen atoms in total. The maximum Gasteiger partial charge on any atom is 0.226 e. The summed E-state index contributed by atoms with van der Waals surface area (Å²) in [5.74, 6) is 0.00789. The third kappa shape index (κ3) is 4.19. The van der Waals surface area contributed by atoms with E-state index in [1.54, 1.807) is 0 Å². The molecule has 5 heteroatoms. The maximum atomic E-state index is 11.8. The number of nitrogens with zero attached hydrogens (tertiary/aromatic N) is 1. The Morgan fingerprint density at radius 2 is 2.11 bits per heavy atom. The SMILES string of the molecule is O=C(Cc1noc2ccccc12)NCCCCCI. The largest absolute Gasteiger partial charge is 0.356 e. The lowest BCUT2D eigenvalue weighted by molar-refractivity contribution is -0.120. The molecule has 0 radical (unpaired) electrons. The second-order valence-electron chi connectivity index (χ2n) is 4.40. The Hall–Kier alpha value is -1.11. The van der Waals surface area contributed by atoms with Gasteiger partial charge in [0.25, 0.3) is 0 Å². The molecule has 0 atom stereocenters. The number of carbonyl (C=O) groups is 1. The van der Waals surface area contributed by atoms with Gasteiger partial charge < -0.3 is 9.84 Å². The zero-order valence-corrected chi connectivity index (χ0v) is 12.9. The Morgan fingerprint density at radius 3 is 2.95 bits per heavy atom. The standard InChI is InChI=1S/C14H17IN2O2/c15-8-4-1-5-9-16-14(18)10-12-11-6-2-3-7-13(11)19-17-12/h2-3,6-7H,1,4-5,8-10H2,(H,16,18). The van der Waals surface area contributed by atoms with Crippen molar-refractivity contribution in [1.29, 1.82) is 0 Å². The summed E-state index contributed by atoms with van der Waals surface area (Å²) in [4.78, 5) is 11.8. The molecule has 0 unspecified atom stereocenters. The first-order valence-electron chi connectivity index (χ1n) is 6.47. The van der Waals surface area contributed by atoms with Crippen molar-refractivity contribution in [1.82, 2.24) is 10.5 Å². The molecule has 1 aromatic carbocycles. The highest BCUT2D eigenvalue weighted by atomic mass is 127. The highest BCUT2D eigenvalue weighted by Gasteiger charge is 2.11. The zero-order chi connectivity index (χ0) is 13.5. The van der Waals surface area contributed by atoms with Gasteiger partial charge in [-0.2, -0.15) is 0 Å². The molecule has 0 aliphatic carbocycles. The van der Waals surface area contributed by atoms with Gasteiger partial charge in [0.2, 0.25) is 5.91 Å². The minimum absolute atomic E-state index is 0.00789. The first kappa shape index (κ1) is 14.3. The monoisotopic (exact) mass is 372 g/mol. The molecule has 1 N–H and O–H groups in total. The van der Waals surface area contributed by atoms with Gasteiger partial charge in [-0.1, -0.05) is 46.3 Å². The van der Waals surface area contributed by atoms with Gasteiger partial charge in [-0.15, -0.1) is 0 Å². The fourth-order valence-electron chi connectivity index (χ4n) is 1.90. The molecular weight excluding hydrogens is 355 g/mol. The maximum absolute atomic E-state index is 11.8. The number of aromatic nitrogens is 1. The molecular formula is C14H17IN2O2. The molecule has 0 saturated carbocycles. The normalized spacial score (nSPS) is 10.8. The van der Waals surface area contributed by atoms with E-state index >= 15 is 0 Å². The molecule has 0 aliphatic heterocycles. The lowest BCUT2D eigenvalue weighted by Gasteiger charge is -2.03. The summed E-state index contributed by atoms with van der Waals surface area (Å²) in [6, 6.07) is 7.60. The molecule has 1 heterocycles. The Bertz CT molecular complexity index is 539. The van der Waals surface area contributed by atoms with Crippen molar-refractivity contribution in [2.45, 2.75) is 25.7 Å². The van der Waals surface area contributed by atoms with E-state index < -0.39 is 0 Å². The molecule has 0 spiro atoms. The number of unbranched alkanes of at least 4 members (excludes halogenated alkanes) is 2. The number of halogens is 1. The minimum atomic E-state index is 0.00789. The van der Waals surface area contributed by atoms with Crippen molar-refractivity contribution in [2.24, 2.45) is 0 Å². The van der Waals surface area contributed by atoms with Crippen LogP contribution in [0.4, 0.5) is 0 Å². The number of alkyl halides is 1. The highest BCUT2D eigenvalue weighted by Crippen LogP contribution is 2.17. The predicted molar refractivity (Wildman–Crippen MR) is 83.5 cm³/mol. The molecule has 2 aromatic rings. The second kappa shape index (κ2) is 7.47. The number of benzene rings is 1. The van der Waals surface area contributed by atoms with E-state index in [1.165, 1.54) is 10.8 Å². The molecule has 0 saturated heterocycles. The molecule has 0 bridgehead atoms. The fourth-order valence-corrected chi connectivity index (χ4v) is 2.44. The van der Waals surface area contributed by atoms with E-state index in [0.29, 0.717) is 5.69 Å². The summed E-state index contributed by atoms with van der Waals surface area (Å²) >= 11 is 2.37. The van der Waals surface area contributed by atoms with Gasteiger partial charge in [-0.25, -0.2) is 0 Å². The predicted octanol–water partition coefficient (Wildman–Crippen LogP) is 3.09. The van der Waals surface area contributed by atoms with Gasteiger partial charge in [0.1, 0.15) is 5.69 Å². The Labute approximate surface area is 126 Å². The third-order valence-corrected chi connectivity index (χ3v) is 3.68. The summed E-state index contributed by atoms with van der Waals surface area (Å²) in [6.07, 6.45) is 3.69. The van der Waals surface area contributed by atoms with E-state index in [2.05, 4.69) is 33.1 Å². The van der Waals surface area contributed by atoms with Crippen molar-refractivity contribution >= 4 is 39.5 Å². The average Bonchev–Trinajstić information content (AvgIpc) is 2.82. The summed E-state index contributed by atoms with van der Waals surface area (Å²) in [5.41, 5.74) is 1.44. The fraction of sp³-hybridized carbons (Fsp3) is 0.429. The van der Waals surface area contributed by atoms with Crippen LogP contribution in [-0.2, 0) is 11.2 Å². The topological polar surface area (TPSA) is 55.1 Å². The van der Waals surface area contributed by atoms with Crippen molar-refractivity contribution in [3.05, 3.63) is 30.0 Å². The van der Waals surface area contributed by atoms with Crippen molar-refractivity contribution < 1.29 is 9.32 Å². The van der Waals surface area contributed by atoms with Crippen LogP contribution < -0.4 is 5.32 Å². The lowest BCUT2D eigenvalue weighted by atomic mass is 10.1. The van der Waals surface area contributed by atoms with E-state index in [-0.39, 0.29) is 12.3 Å². The van der Waals surface area contributed by atoms with Crippen LogP contribution in [0.1, 0.15) is 25.0 Å². The van der Waals surface area contributed by atoms with Gasteiger partial charge in [-0.3, -0.25) is 4.79 Å². The van der Waals surface area contributed by atoms with Gasteiger partial charge in [0.15, 0.2) is 5.58 Å². The smallest absolute Gasteiger partial charge is 0.226 e.